The van der Waals surface area contributed by atoms with Gasteiger partial charge in [0.1, 0.15) is 13.8 Å². The largest absolute Gasteiger partial charge is 0.242 e. The summed E-state index contributed by atoms with van der Waals surface area (Å²) in [6.45, 7) is 8.29. The maximum absolute atomic E-state index is 3.86. The summed E-state index contributed by atoms with van der Waals surface area (Å²) < 4.78 is 2.06. The Bertz CT molecular complexity index is 86.6. The quantitative estimate of drug-likeness (QED) is 0.402. The third-order valence-electron chi connectivity index (χ3n) is 1.72. The van der Waals surface area contributed by atoms with Gasteiger partial charge in [0.05, 0.1) is 0 Å². The van der Waals surface area contributed by atoms with E-state index in [-0.39, 0.29) is 0 Å². The van der Waals surface area contributed by atoms with Crippen molar-refractivity contribution >= 4 is 6.72 Å². The molecule has 0 radical (unpaired) electrons. The molecule has 0 saturated heterocycles. The molecule has 0 spiro atoms. The molecule has 0 fully saturated rings. The van der Waals surface area contributed by atoms with Gasteiger partial charge in [-0.3, -0.25) is 0 Å². The highest BCUT2D eigenvalue weighted by Gasteiger charge is 2.09. The third kappa shape index (κ3) is 3.28. The smallest absolute Gasteiger partial charge is 0.151 e. The third-order valence-corrected chi connectivity index (χ3v) is 1.72. The summed E-state index contributed by atoms with van der Waals surface area (Å²) in [5, 5.41) is 0. The number of rotatable bonds is 4. The maximum Gasteiger partial charge on any atom is 0.151 e. The van der Waals surface area contributed by atoms with Gasteiger partial charge in [0.15, 0.2) is 6.04 Å². The second kappa shape index (κ2) is 4.54. The maximum atomic E-state index is 3.86. The molecule has 1 atom stereocenters. The molecule has 0 aliphatic rings. The highest BCUT2D eigenvalue weighted by molar-refractivity contribution is 5.14. The molecule has 1 nitrogen and oxygen atoms in total. The van der Waals surface area contributed by atoms with Crippen molar-refractivity contribution in [2.75, 3.05) is 7.05 Å². The molecule has 0 bridgehead atoms. The molecule has 0 aromatic rings. The topological polar surface area (TPSA) is 3.01 Å². The van der Waals surface area contributed by atoms with E-state index < -0.39 is 0 Å². The molecule has 0 rings (SSSR count). The zero-order chi connectivity index (χ0) is 7.28. The summed E-state index contributed by atoms with van der Waals surface area (Å²) >= 11 is 0. The van der Waals surface area contributed by atoms with E-state index in [0.717, 1.165) is 0 Å². The lowest BCUT2D eigenvalue weighted by atomic mass is 10.1. The van der Waals surface area contributed by atoms with Crippen LogP contribution in [-0.2, 0) is 0 Å². The van der Waals surface area contributed by atoms with Crippen LogP contribution in [-0.4, -0.2) is 24.4 Å². The highest BCUT2D eigenvalue weighted by atomic mass is 15.0. The van der Waals surface area contributed by atoms with Gasteiger partial charge in [-0.1, -0.05) is 13.8 Å². The van der Waals surface area contributed by atoms with Gasteiger partial charge >= 0.3 is 0 Å². The van der Waals surface area contributed by atoms with Crippen LogP contribution in [0, 0.1) is 0 Å². The SMILES string of the molecule is C=[N+](C)C(CC)CCC. The fourth-order valence-corrected chi connectivity index (χ4v) is 1.07. The molecule has 0 aliphatic carbocycles. The lowest BCUT2D eigenvalue weighted by Crippen LogP contribution is -2.19. The van der Waals surface area contributed by atoms with Crippen molar-refractivity contribution in [3.8, 4) is 0 Å². The van der Waals surface area contributed by atoms with Crippen LogP contribution in [0.2, 0.25) is 0 Å². The minimum absolute atomic E-state index is 0.690. The second-order valence-electron chi connectivity index (χ2n) is 2.61. The lowest BCUT2D eigenvalue weighted by molar-refractivity contribution is -0.531. The van der Waals surface area contributed by atoms with E-state index in [4.69, 9.17) is 0 Å². The number of nitrogens with zero attached hydrogens (tertiary/aromatic N) is 1. The van der Waals surface area contributed by atoms with E-state index in [1.165, 1.54) is 19.3 Å². The minimum Gasteiger partial charge on any atom is -0.242 e. The van der Waals surface area contributed by atoms with Crippen LogP contribution < -0.4 is 0 Å². The van der Waals surface area contributed by atoms with Gasteiger partial charge in [0.25, 0.3) is 0 Å². The van der Waals surface area contributed by atoms with Crippen molar-refractivity contribution < 1.29 is 4.58 Å². The first-order valence-corrected chi connectivity index (χ1v) is 3.75. The summed E-state index contributed by atoms with van der Waals surface area (Å²) in [4.78, 5) is 0. The Morgan fingerprint density at radius 2 is 2.00 bits per heavy atom. The van der Waals surface area contributed by atoms with Gasteiger partial charge in [-0.15, -0.1) is 0 Å². The molecule has 0 aliphatic heterocycles. The molecular weight excluding hydrogens is 110 g/mol. The molecular formula is C8H18N+. The molecule has 0 heterocycles. The van der Waals surface area contributed by atoms with E-state index in [2.05, 4.69) is 25.1 Å². The Morgan fingerprint density at radius 3 is 2.11 bits per heavy atom. The van der Waals surface area contributed by atoms with Crippen molar-refractivity contribution in [1.82, 2.24) is 0 Å². The summed E-state index contributed by atoms with van der Waals surface area (Å²) in [6, 6.07) is 0.690. The van der Waals surface area contributed by atoms with Gasteiger partial charge < -0.3 is 0 Å². The van der Waals surface area contributed by atoms with E-state index in [1.807, 2.05) is 7.05 Å². The van der Waals surface area contributed by atoms with E-state index in [9.17, 15) is 0 Å². The number of hydrogen-bond acceptors (Lipinski definition) is 0. The minimum atomic E-state index is 0.690. The Balaban J connectivity index is 3.54. The van der Waals surface area contributed by atoms with Crippen LogP contribution in [0.25, 0.3) is 0 Å². The zero-order valence-electron chi connectivity index (χ0n) is 6.85. The molecule has 9 heavy (non-hydrogen) atoms. The fraction of sp³-hybridized carbons (Fsp3) is 0.875. The van der Waals surface area contributed by atoms with Gasteiger partial charge in [-0.25, -0.2) is 4.58 Å². The predicted molar refractivity (Wildman–Crippen MR) is 42.3 cm³/mol. The van der Waals surface area contributed by atoms with Crippen molar-refractivity contribution in [3.63, 3.8) is 0 Å². The second-order valence-corrected chi connectivity index (χ2v) is 2.61. The molecule has 54 valence electrons. The predicted octanol–water partition coefficient (Wildman–Crippen LogP) is 1.91. The molecule has 0 saturated carbocycles. The van der Waals surface area contributed by atoms with Crippen LogP contribution in [0.4, 0.5) is 0 Å². The van der Waals surface area contributed by atoms with Gasteiger partial charge in [0.2, 0.25) is 0 Å². The monoisotopic (exact) mass is 128 g/mol. The van der Waals surface area contributed by atoms with Crippen LogP contribution in [0.1, 0.15) is 33.1 Å². The Labute approximate surface area is 58.4 Å². The average Bonchev–Trinajstić information content (AvgIpc) is 1.82. The van der Waals surface area contributed by atoms with Crippen LogP contribution in [0.3, 0.4) is 0 Å². The van der Waals surface area contributed by atoms with Gasteiger partial charge in [-0.2, -0.15) is 0 Å². The lowest BCUT2D eigenvalue weighted by Gasteiger charge is -2.07. The number of hydrogen-bond donors (Lipinski definition) is 0. The van der Waals surface area contributed by atoms with E-state index in [0.29, 0.717) is 6.04 Å². The van der Waals surface area contributed by atoms with Gasteiger partial charge in [-0.05, 0) is 6.42 Å². The van der Waals surface area contributed by atoms with Crippen molar-refractivity contribution in [2.24, 2.45) is 0 Å². The van der Waals surface area contributed by atoms with E-state index in [1.54, 1.807) is 0 Å². The standard InChI is InChI=1S/C8H18N/c1-5-7-8(6-2)9(3)4/h8H,3,5-7H2,1-2,4H3/q+1. The molecule has 0 amide bonds. The van der Waals surface area contributed by atoms with E-state index >= 15 is 0 Å². The Morgan fingerprint density at radius 1 is 1.44 bits per heavy atom. The normalized spacial score (nSPS) is 13.2. The summed E-state index contributed by atoms with van der Waals surface area (Å²) in [7, 11) is 2.05. The summed E-state index contributed by atoms with van der Waals surface area (Å²) in [6.07, 6.45) is 3.75. The Kier molecular flexibility index (Phi) is 4.37. The molecule has 1 heteroatoms. The molecule has 0 N–H and O–H groups in total. The first-order chi connectivity index (χ1) is 4.22. The molecule has 0 aromatic heterocycles. The van der Waals surface area contributed by atoms with Crippen LogP contribution in [0.15, 0.2) is 0 Å². The van der Waals surface area contributed by atoms with Crippen LogP contribution >= 0.6 is 0 Å². The first kappa shape index (κ1) is 8.67. The highest BCUT2D eigenvalue weighted by Crippen LogP contribution is 2.02. The first-order valence-electron chi connectivity index (χ1n) is 3.75. The molecule has 1 unspecified atom stereocenters. The summed E-state index contributed by atoms with van der Waals surface area (Å²) in [5.74, 6) is 0. The van der Waals surface area contributed by atoms with Crippen molar-refractivity contribution in [2.45, 2.75) is 39.2 Å². The fourth-order valence-electron chi connectivity index (χ4n) is 1.07. The Hall–Kier alpha value is -0.330. The average molecular weight is 128 g/mol. The van der Waals surface area contributed by atoms with Crippen molar-refractivity contribution in [1.29, 1.82) is 0 Å². The molecule has 0 aromatic carbocycles. The van der Waals surface area contributed by atoms with Crippen molar-refractivity contribution in [3.05, 3.63) is 0 Å². The zero-order valence-corrected chi connectivity index (χ0v) is 6.85. The van der Waals surface area contributed by atoms with Gasteiger partial charge in [0, 0.05) is 12.8 Å². The summed E-state index contributed by atoms with van der Waals surface area (Å²) in [5.41, 5.74) is 0. The van der Waals surface area contributed by atoms with Crippen LogP contribution in [0.5, 0.6) is 0 Å².